The van der Waals surface area contributed by atoms with Gasteiger partial charge in [0, 0.05) is 16.4 Å². The highest BCUT2D eigenvalue weighted by Gasteiger charge is 2.34. The fourth-order valence-electron chi connectivity index (χ4n) is 4.65. The van der Waals surface area contributed by atoms with Gasteiger partial charge in [-0.2, -0.15) is 10.1 Å². The van der Waals surface area contributed by atoms with Crippen LogP contribution in [0.3, 0.4) is 0 Å². The molecule has 3 aromatic carbocycles. The maximum absolute atomic E-state index is 13.9. The second-order valence-corrected chi connectivity index (χ2v) is 10.8. The SMILES string of the molecule is CCOc1cc(C2C(C(=O)Nc3cccc(C)c3C)=C(C)Nc3ncnn32)cc(Br)c1OCc1ccc(Cl)cc1. The number of carbonyl (C=O) groups excluding carboxylic acids is 1. The summed E-state index contributed by atoms with van der Waals surface area (Å²) in [4.78, 5) is 18.2. The van der Waals surface area contributed by atoms with Gasteiger partial charge in [-0.15, -0.1) is 0 Å². The van der Waals surface area contributed by atoms with Crippen LogP contribution in [0.1, 0.15) is 42.1 Å². The van der Waals surface area contributed by atoms with Gasteiger partial charge in [0.1, 0.15) is 19.0 Å². The van der Waals surface area contributed by atoms with Gasteiger partial charge < -0.3 is 20.1 Å². The second-order valence-electron chi connectivity index (χ2n) is 9.47. The fourth-order valence-corrected chi connectivity index (χ4v) is 5.35. The van der Waals surface area contributed by atoms with E-state index in [4.69, 9.17) is 21.1 Å². The first-order valence-electron chi connectivity index (χ1n) is 12.8. The van der Waals surface area contributed by atoms with Gasteiger partial charge in [0.2, 0.25) is 5.95 Å². The van der Waals surface area contributed by atoms with Crippen LogP contribution in [-0.2, 0) is 11.4 Å². The Morgan fingerprint density at radius 1 is 1.12 bits per heavy atom. The van der Waals surface area contributed by atoms with Gasteiger partial charge in [-0.3, -0.25) is 4.79 Å². The molecule has 2 N–H and O–H groups in total. The molecular formula is C30H29BrClN5O3. The van der Waals surface area contributed by atoms with Crippen LogP contribution in [0.4, 0.5) is 11.6 Å². The molecule has 0 fully saturated rings. The minimum absolute atomic E-state index is 0.234. The molecule has 0 bridgehead atoms. The van der Waals surface area contributed by atoms with Crippen molar-refractivity contribution in [3.8, 4) is 11.5 Å². The van der Waals surface area contributed by atoms with Crippen LogP contribution in [-0.4, -0.2) is 27.3 Å². The topological polar surface area (TPSA) is 90.3 Å². The Kier molecular flexibility index (Phi) is 8.14. The lowest BCUT2D eigenvalue weighted by Crippen LogP contribution is -2.31. The number of rotatable bonds is 8. The van der Waals surface area contributed by atoms with Crippen molar-refractivity contribution in [1.82, 2.24) is 14.8 Å². The third-order valence-corrected chi connectivity index (χ3v) is 7.68. The van der Waals surface area contributed by atoms with Crippen LogP contribution < -0.4 is 20.1 Å². The zero-order chi connectivity index (χ0) is 28.4. The van der Waals surface area contributed by atoms with Crippen molar-refractivity contribution in [2.75, 3.05) is 17.2 Å². The number of anilines is 2. The van der Waals surface area contributed by atoms with Crippen LogP contribution in [0.5, 0.6) is 11.5 Å². The van der Waals surface area contributed by atoms with E-state index >= 15 is 0 Å². The Bertz CT molecular complexity index is 1600. The zero-order valence-electron chi connectivity index (χ0n) is 22.6. The highest BCUT2D eigenvalue weighted by atomic mass is 79.9. The Labute approximate surface area is 246 Å². The van der Waals surface area contributed by atoms with Crippen molar-refractivity contribution in [3.63, 3.8) is 0 Å². The number of benzene rings is 3. The van der Waals surface area contributed by atoms with E-state index in [1.807, 2.05) is 82.3 Å². The summed E-state index contributed by atoms with van der Waals surface area (Å²) in [6, 6.07) is 16.6. The summed E-state index contributed by atoms with van der Waals surface area (Å²) in [5.74, 6) is 1.42. The van der Waals surface area contributed by atoms with Gasteiger partial charge in [0.25, 0.3) is 5.91 Å². The van der Waals surface area contributed by atoms with E-state index in [-0.39, 0.29) is 5.91 Å². The first-order chi connectivity index (χ1) is 19.3. The molecule has 8 nitrogen and oxygen atoms in total. The zero-order valence-corrected chi connectivity index (χ0v) is 24.9. The molecule has 1 unspecified atom stereocenters. The van der Waals surface area contributed by atoms with E-state index in [2.05, 4.69) is 36.6 Å². The molecule has 1 amide bonds. The van der Waals surface area contributed by atoms with E-state index in [0.29, 0.717) is 51.4 Å². The summed E-state index contributed by atoms with van der Waals surface area (Å²) in [6.45, 7) is 8.56. The number of hydrogen-bond donors (Lipinski definition) is 2. The highest BCUT2D eigenvalue weighted by molar-refractivity contribution is 9.10. The fraction of sp³-hybridized carbons (Fsp3) is 0.233. The molecule has 0 spiro atoms. The van der Waals surface area contributed by atoms with Gasteiger partial charge >= 0.3 is 0 Å². The number of carbonyl (C=O) groups is 1. The van der Waals surface area contributed by atoms with Crippen molar-refractivity contribution in [2.24, 2.45) is 0 Å². The van der Waals surface area contributed by atoms with E-state index in [1.165, 1.54) is 6.33 Å². The minimum atomic E-state index is -0.565. The molecule has 5 rings (SSSR count). The molecule has 1 aliphatic heterocycles. The number of nitrogens with zero attached hydrogens (tertiary/aromatic N) is 3. The number of halogens is 2. The molecule has 10 heteroatoms. The lowest BCUT2D eigenvalue weighted by molar-refractivity contribution is -0.113. The number of ether oxygens (including phenoxy) is 2. The smallest absolute Gasteiger partial charge is 0.255 e. The molecule has 1 aliphatic rings. The molecule has 2 heterocycles. The molecule has 4 aromatic rings. The number of fused-ring (bicyclic) bond motifs is 1. The largest absolute Gasteiger partial charge is 0.490 e. The number of aryl methyl sites for hydroxylation is 1. The van der Waals surface area contributed by atoms with Crippen LogP contribution in [0.2, 0.25) is 5.02 Å². The summed E-state index contributed by atoms with van der Waals surface area (Å²) in [5, 5.41) is 11.5. The first kappa shape index (κ1) is 27.7. The van der Waals surface area contributed by atoms with Crippen molar-refractivity contribution >= 4 is 45.1 Å². The molecule has 0 radical (unpaired) electrons. The standard InChI is InChI=1S/C30H29BrClN5O3/c1-5-39-25-14-21(13-23(31)28(25)40-15-20-9-11-22(32)12-10-20)27-26(19(4)35-30-33-16-34-37(27)30)29(38)36-24-8-6-7-17(2)18(24)3/h6-14,16,27H,5,15H2,1-4H3,(H,36,38)(H,33,34,35). The number of allylic oxidation sites excluding steroid dienone is 1. The van der Waals surface area contributed by atoms with Gasteiger partial charge in [0.15, 0.2) is 11.5 Å². The quantitative estimate of drug-likeness (QED) is 0.216. The number of aromatic nitrogens is 3. The third-order valence-electron chi connectivity index (χ3n) is 6.84. The average Bonchev–Trinajstić information content (AvgIpc) is 3.39. The number of hydrogen-bond acceptors (Lipinski definition) is 6. The van der Waals surface area contributed by atoms with Gasteiger partial charge in [0.05, 0.1) is 16.7 Å². The predicted molar refractivity (Wildman–Crippen MR) is 160 cm³/mol. The molecule has 0 saturated carbocycles. The van der Waals surface area contributed by atoms with Crippen LogP contribution in [0, 0.1) is 13.8 Å². The average molecular weight is 623 g/mol. The Hall–Kier alpha value is -3.82. The number of nitrogens with one attached hydrogen (secondary N) is 2. The van der Waals surface area contributed by atoms with Crippen molar-refractivity contribution < 1.29 is 14.3 Å². The van der Waals surface area contributed by atoms with Crippen molar-refractivity contribution in [3.05, 3.63) is 104 Å². The highest BCUT2D eigenvalue weighted by Crippen LogP contribution is 2.43. The summed E-state index contributed by atoms with van der Waals surface area (Å²) >= 11 is 9.72. The van der Waals surface area contributed by atoms with E-state index in [0.717, 1.165) is 27.9 Å². The van der Waals surface area contributed by atoms with E-state index in [9.17, 15) is 4.79 Å². The predicted octanol–water partition coefficient (Wildman–Crippen LogP) is 7.22. The Morgan fingerprint density at radius 2 is 1.90 bits per heavy atom. The third kappa shape index (κ3) is 5.57. The van der Waals surface area contributed by atoms with E-state index in [1.54, 1.807) is 4.68 Å². The minimum Gasteiger partial charge on any atom is -0.490 e. The molecule has 0 aliphatic carbocycles. The summed E-state index contributed by atoms with van der Waals surface area (Å²) < 4.78 is 14.6. The Morgan fingerprint density at radius 3 is 2.65 bits per heavy atom. The molecule has 40 heavy (non-hydrogen) atoms. The molecule has 1 atom stereocenters. The maximum atomic E-state index is 13.9. The summed E-state index contributed by atoms with van der Waals surface area (Å²) in [5.41, 5.74) is 5.83. The normalized spacial score (nSPS) is 14.4. The Balaban J connectivity index is 1.53. The summed E-state index contributed by atoms with van der Waals surface area (Å²) in [6.07, 6.45) is 1.47. The van der Waals surface area contributed by atoms with Crippen LogP contribution in [0.25, 0.3) is 0 Å². The van der Waals surface area contributed by atoms with Gasteiger partial charge in [-0.05, 0) is 96.2 Å². The molecule has 1 aromatic heterocycles. The lowest BCUT2D eigenvalue weighted by atomic mass is 9.94. The second kappa shape index (κ2) is 11.7. The van der Waals surface area contributed by atoms with Crippen LogP contribution in [0.15, 0.2) is 76.7 Å². The van der Waals surface area contributed by atoms with Crippen LogP contribution >= 0.6 is 27.5 Å². The molecule has 206 valence electrons. The van der Waals surface area contributed by atoms with Crippen molar-refractivity contribution in [1.29, 1.82) is 0 Å². The lowest BCUT2D eigenvalue weighted by Gasteiger charge is -2.29. The van der Waals surface area contributed by atoms with E-state index < -0.39 is 6.04 Å². The first-order valence-corrected chi connectivity index (χ1v) is 14.0. The van der Waals surface area contributed by atoms with Crippen molar-refractivity contribution in [2.45, 2.75) is 40.3 Å². The monoisotopic (exact) mass is 621 g/mol. The summed E-state index contributed by atoms with van der Waals surface area (Å²) in [7, 11) is 0. The van der Waals surface area contributed by atoms with Gasteiger partial charge in [-0.1, -0.05) is 35.9 Å². The maximum Gasteiger partial charge on any atom is 0.255 e. The molecule has 0 saturated heterocycles. The number of amides is 1. The van der Waals surface area contributed by atoms with Gasteiger partial charge in [-0.25, -0.2) is 4.68 Å². The molecular weight excluding hydrogens is 594 g/mol.